The van der Waals surface area contributed by atoms with E-state index in [9.17, 15) is 0 Å². The molecule has 2 aliphatic rings. The van der Waals surface area contributed by atoms with Gasteiger partial charge in [-0.05, 0) is 33.7 Å². The fourth-order valence-electron chi connectivity index (χ4n) is 2.62. The van der Waals surface area contributed by atoms with Crippen molar-refractivity contribution >= 4 is 0 Å². The molecule has 2 saturated heterocycles. The maximum Gasteiger partial charge on any atom is 0.0755 e. The quantitative estimate of drug-likeness (QED) is 0.624. The number of hydrogen-bond donors (Lipinski definition) is 1. The van der Waals surface area contributed by atoms with Crippen LogP contribution in [0.15, 0.2) is 0 Å². The van der Waals surface area contributed by atoms with E-state index >= 15 is 0 Å². The highest BCUT2D eigenvalue weighted by atomic mass is 16.5. The lowest BCUT2D eigenvalue weighted by atomic mass is 9.94. The van der Waals surface area contributed by atoms with Crippen LogP contribution in [0.4, 0.5) is 0 Å². The molecule has 14 heavy (non-hydrogen) atoms. The summed E-state index contributed by atoms with van der Waals surface area (Å²) in [5.41, 5.74) is 0.270. The van der Waals surface area contributed by atoms with Crippen LogP contribution in [0.5, 0.6) is 0 Å². The van der Waals surface area contributed by atoms with Gasteiger partial charge in [0.25, 0.3) is 0 Å². The molecule has 0 bridgehead atoms. The number of piperidine rings is 1. The van der Waals surface area contributed by atoms with Crippen LogP contribution in [-0.2, 0) is 4.74 Å². The molecule has 2 atom stereocenters. The van der Waals surface area contributed by atoms with E-state index in [2.05, 4.69) is 31.0 Å². The van der Waals surface area contributed by atoms with Crippen LogP contribution in [0.3, 0.4) is 0 Å². The number of nitrogens with zero attached hydrogens (tertiary/aromatic N) is 1. The number of ether oxygens (including phenoxy) is 1. The zero-order valence-electron chi connectivity index (χ0n) is 9.55. The van der Waals surface area contributed by atoms with Gasteiger partial charge < -0.3 is 10.1 Å². The van der Waals surface area contributed by atoms with Gasteiger partial charge in [0.1, 0.15) is 0 Å². The van der Waals surface area contributed by atoms with Crippen LogP contribution >= 0.6 is 0 Å². The summed E-state index contributed by atoms with van der Waals surface area (Å²) < 4.78 is 5.83. The summed E-state index contributed by atoms with van der Waals surface area (Å²) in [6.45, 7) is 11.1. The van der Waals surface area contributed by atoms with E-state index in [1.54, 1.807) is 0 Å². The second-order valence-electron chi connectivity index (χ2n) is 5.33. The molecule has 3 heteroatoms. The molecule has 2 heterocycles. The van der Waals surface area contributed by atoms with Crippen molar-refractivity contribution in [2.45, 2.75) is 44.9 Å². The molecule has 2 fully saturated rings. The lowest BCUT2D eigenvalue weighted by Crippen LogP contribution is -2.63. The summed E-state index contributed by atoms with van der Waals surface area (Å²) in [6, 6.07) is 0.581. The minimum Gasteiger partial charge on any atom is -0.375 e. The topological polar surface area (TPSA) is 24.5 Å². The molecule has 0 spiro atoms. The van der Waals surface area contributed by atoms with Crippen molar-refractivity contribution in [2.24, 2.45) is 0 Å². The Labute approximate surface area is 86.8 Å². The largest absolute Gasteiger partial charge is 0.375 e. The van der Waals surface area contributed by atoms with E-state index in [0.29, 0.717) is 12.1 Å². The average Bonchev–Trinajstić information content (AvgIpc) is 2.15. The molecular formula is C11H22N2O. The Morgan fingerprint density at radius 2 is 2.14 bits per heavy atom. The molecule has 2 aliphatic heterocycles. The summed E-state index contributed by atoms with van der Waals surface area (Å²) in [5.74, 6) is 0. The zero-order valence-corrected chi connectivity index (χ0v) is 9.55. The van der Waals surface area contributed by atoms with E-state index in [1.807, 2.05) is 0 Å². The predicted octanol–water partition coefficient (Wildman–Crippen LogP) is 0.848. The normalized spacial score (nSPS) is 35.4. The van der Waals surface area contributed by atoms with Crippen LogP contribution in [0.2, 0.25) is 0 Å². The van der Waals surface area contributed by atoms with Crippen molar-refractivity contribution in [3.63, 3.8) is 0 Å². The molecule has 0 amide bonds. The molecule has 3 nitrogen and oxygen atoms in total. The minimum atomic E-state index is 0.270. The number of rotatable bonds is 0. The average molecular weight is 198 g/mol. The molecular weight excluding hydrogens is 176 g/mol. The Morgan fingerprint density at radius 3 is 2.86 bits per heavy atom. The van der Waals surface area contributed by atoms with Crippen LogP contribution in [0.1, 0.15) is 27.2 Å². The van der Waals surface area contributed by atoms with Crippen molar-refractivity contribution in [3.05, 3.63) is 0 Å². The van der Waals surface area contributed by atoms with Crippen molar-refractivity contribution in [1.29, 1.82) is 0 Å². The summed E-state index contributed by atoms with van der Waals surface area (Å²) in [6.07, 6.45) is 1.63. The van der Waals surface area contributed by atoms with Crippen molar-refractivity contribution in [2.75, 3.05) is 26.2 Å². The summed E-state index contributed by atoms with van der Waals surface area (Å²) in [5, 5.41) is 3.46. The highest BCUT2D eigenvalue weighted by Crippen LogP contribution is 2.26. The Morgan fingerprint density at radius 1 is 1.36 bits per heavy atom. The standard InChI is InChI=1S/C11H22N2O/c1-11(2,3)13-6-7-14-10-4-5-12-8-9(10)13/h9-10,12H,4-8H2,1-3H3. The second-order valence-corrected chi connectivity index (χ2v) is 5.33. The van der Waals surface area contributed by atoms with Crippen LogP contribution < -0.4 is 5.32 Å². The lowest BCUT2D eigenvalue weighted by Gasteiger charge is -2.49. The van der Waals surface area contributed by atoms with Gasteiger partial charge in [0.15, 0.2) is 0 Å². The second kappa shape index (κ2) is 3.80. The van der Waals surface area contributed by atoms with Gasteiger partial charge in [-0.3, -0.25) is 4.90 Å². The number of fused-ring (bicyclic) bond motifs is 1. The molecule has 0 aromatic heterocycles. The fraction of sp³-hybridized carbons (Fsp3) is 1.00. The first kappa shape index (κ1) is 10.4. The molecule has 82 valence electrons. The molecule has 2 unspecified atom stereocenters. The first-order valence-corrected chi connectivity index (χ1v) is 5.68. The number of nitrogens with one attached hydrogen (secondary N) is 1. The zero-order chi connectivity index (χ0) is 10.2. The molecule has 1 N–H and O–H groups in total. The molecule has 0 aromatic carbocycles. The van der Waals surface area contributed by atoms with E-state index in [0.717, 1.165) is 32.7 Å². The van der Waals surface area contributed by atoms with Gasteiger partial charge in [-0.2, -0.15) is 0 Å². The van der Waals surface area contributed by atoms with Gasteiger partial charge in [0.2, 0.25) is 0 Å². The Balaban J connectivity index is 2.09. The van der Waals surface area contributed by atoms with Crippen LogP contribution in [0.25, 0.3) is 0 Å². The van der Waals surface area contributed by atoms with E-state index in [-0.39, 0.29) is 5.54 Å². The maximum atomic E-state index is 5.83. The highest BCUT2D eigenvalue weighted by Gasteiger charge is 2.38. The smallest absolute Gasteiger partial charge is 0.0755 e. The SMILES string of the molecule is CC(C)(C)N1CCOC2CCNCC21. The summed E-state index contributed by atoms with van der Waals surface area (Å²) >= 11 is 0. The first-order chi connectivity index (χ1) is 6.59. The van der Waals surface area contributed by atoms with E-state index in [4.69, 9.17) is 4.74 Å². The third-order valence-corrected chi connectivity index (χ3v) is 3.31. The van der Waals surface area contributed by atoms with Crippen LogP contribution in [0, 0.1) is 0 Å². The Bertz CT molecular complexity index is 198. The van der Waals surface area contributed by atoms with Crippen LogP contribution in [-0.4, -0.2) is 48.8 Å². The molecule has 0 radical (unpaired) electrons. The number of morpholine rings is 1. The van der Waals surface area contributed by atoms with E-state index in [1.165, 1.54) is 0 Å². The van der Waals surface area contributed by atoms with Gasteiger partial charge in [0.05, 0.1) is 12.7 Å². The minimum absolute atomic E-state index is 0.270. The monoisotopic (exact) mass is 198 g/mol. The lowest BCUT2D eigenvalue weighted by molar-refractivity contribution is -0.111. The fourth-order valence-corrected chi connectivity index (χ4v) is 2.62. The molecule has 0 aliphatic carbocycles. The predicted molar refractivity (Wildman–Crippen MR) is 57.5 cm³/mol. The third-order valence-electron chi connectivity index (χ3n) is 3.31. The molecule has 2 rings (SSSR count). The van der Waals surface area contributed by atoms with Crippen molar-refractivity contribution < 1.29 is 4.74 Å². The Hall–Kier alpha value is -0.120. The highest BCUT2D eigenvalue weighted by molar-refractivity contribution is 4.94. The van der Waals surface area contributed by atoms with Gasteiger partial charge in [-0.25, -0.2) is 0 Å². The van der Waals surface area contributed by atoms with Gasteiger partial charge in [0, 0.05) is 24.7 Å². The third kappa shape index (κ3) is 1.95. The first-order valence-electron chi connectivity index (χ1n) is 5.68. The number of hydrogen-bond acceptors (Lipinski definition) is 3. The van der Waals surface area contributed by atoms with Gasteiger partial charge >= 0.3 is 0 Å². The van der Waals surface area contributed by atoms with E-state index < -0.39 is 0 Å². The molecule has 0 saturated carbocycles. The van der Waals surface area contributed by atoms with Crippen molar-refractivity contribution in [1.82, 2.24) is 10.2 Å². The van der Waals surface area contributed by atoms with Gasteiger partial charge in [-0.15, -0.1) is 0 Å². The summed E-state index contributed by atoms with van der Waals surface area (Å²) in [4.78, 5) is 2.59. The molecule has 0 aromatic rings. The Kier molecular flexibility index (Phi) is 2.82. The van der Waals surface area contributed by atoms with Crippen molar-refractivity contribution in [3.8, 4) is 0 Å². The summed E-state index contributed by atoms with van der Waals surface area (Å²) in [7, 11) is 0. The maximum absolute atomic E-state index is 5.83. The van der Waals surface area contributed by atoms with Gasteiger partial charge in [-0.1, -0.05) is 0 Å².